The van der Waals surface area contributed by atoms with Crippen LogP contribution in [0.1, 0.15) is 15.9 Å². The number of nitro benzene ring substituents is 1. The van der Waals surface area contributed by atoms with Gasteiger partial charge in [-0.3, -0.25) is 14.9 Å². The summed E-state index contributed by atoms with van der Waals surface area (Å²) >= 11 is 0. The predicted octanol–water partition coefficient (Wildman–Crippen LogP) is 3.92. The summed E-state index contributed by atoms with van der Waals surface area (Å²) in [6.45, 7) is 0.682. The van der Waals surface area contributed by atoms with Crippen LogP contribution in [0.25, 0.3) is 0 Å². The Balaban J connectivity index is 2.16. The summed E-state index contributed by atoms with van der Waals surface area (Å²) in [6.07, 6.45) is -4.48. The Morgan fingerprint density at radius 2 is 1.85 bits per heavy atom. The van der Waals surface area contributed by atoms with Crippen molar-refractivity contribution in [2.45, 2.75) is 6.18 Å². The van der Waals surface area contributed by atoms with Crippen LogP contribution in [0.2, 0.25) is 0 Å². The quantitative estimate of drug-likeness (QED) is 0.429. The molecule has 10 heteroatoms. The normalized spacial score (nSPS) is 11.1. The van der Waals surface area contributed by atoms with Crippen molar-refractivity contribution in [3.63, 3.8) is 0 Å². The number of carbonyl (C=O) groups excluding carboxylic acids is 1. The number of hydrogen-bond acceptors (Lipinski definition) is 5. The number of carbonyl (C=O) groups is 1. The molecule has 0 radical (unpaired) electrons. The average Bonchev–Trinajstić information content (AvgIpc) is 2.61. The number of ether oxygens (including phenoxy) is 1. The van der Waals surface area contributed by atoms with E-state index >= 15 is 0 Å². The minimum absolute atomic E-state index is 0.00103. The molecule has 0 aromatic heterocycles. The zero-order valence-electron chi connectivity index (χ0n) is 14.2. The maximum Gasteiger partial charge on any atom is 0.416 e. The highest BCUT2D eigenvalue weighted by Gasteiger charge is 2.30. The van der Waals surface area contributed by atoms with Gasteiger partial charge in [0.05, 0.1) is 17.1 Å². The molecule has 0 unspecified atom stereocenters. The van der Waals surface area contributed by atoms with Gasteiger partial charge < -0.3 is 15.4 Å². The number of alkyl halides is 3. The summed E-state index contributed by atoms with van der Waals surface area (Å²) in [5.74, 6) is -0.679. The highest BCUT2D eigenvalue weighted by Crippen LogP contribution is 2.30. The molecule has 0 saturated heterocycles. The Labute approximate surface area is 152 Å². The van der Waals surface area contributed by atoms with Gasteiger partial charge in [-0.1, -0.05) is 0 Å². The maximum absolute atomic E-state index is 12.6. The van der Waals surface area contributed by atoms with Crippen molar-refractivity contribution in [3.8, 4) is 0 Å². The molecule has 0 saturated carbocycles. The van der Waals surface area contributed by atoms with E-state index < -0.39 is 22.6 Å². The minimum Gasteiger partial charge on any atom is -0.383 e. The van der Waals surface area contributed by atoms with E-state index in [1.165, 1.54) is 19.2 Å². The van der Waals surface area contributed by atoms with Crippen LogP contribution in [0.4, 0.5) is 30.2 Å². The number of amides is 1. The van der Waals surface area contributed by atoms with Crippen molar-refractivity contribution in [2.75, 3.05) is 30.9 Å². The van der Waals surface area contributed by atoms with E-state index in [2.05, 4.69) is 10.6 Å². The van der Waals surface area contributed by atoms with Gasteiger partial charge in [0, 0.05) is 31.0 Å². The molecule has 144 valence electrons. The van der Waals surface area contributed by atoms with Gasteiger partial charge in [0.25, 0.3) is 11.6 Å². The smallest absolute Gasteiger partial charge is 0.383 e. The number of nitrogens with zero attached hydrogens (tertiary/aromatic N) is 1. The topological polar surface area (TPSA) is 93.5 Å². The van der Waals surface area contributed by atoms with Gasteiger partial charge in [0.2, 0.25) is 0 Å². The summed E-state index contributed by atoms with van der Waals surface area (Å²) in [5, 5.41) is 16.4. The van der Waals surface area contributed by atoms with E-state index in [9.17, 15) is 28.1 Å². The maximum atomic E-state index is 12.6. The molecule has 0 bridgehead atoms. The van der Waals surface area contributed by atoms with Crippen molar-refractivity contribution in [3.05, 3.63) is 63.7 Å². The minimum atomic E-state index is -4.48. The van der Waals surface area contributed by atoms with Crippen molar-refractivity contribution in [1.82, 2.24) is 0 Å². The zero-order valence-corrected chi connectivity index (χ0v) is 14.2. The molecule has 0 aliphatic heterocycles. The number of rotatable bonds is 7. The van der Waals surface area contributed by atoms with Gasteiger partial charge in [0.1, 0.15) is 5.69 Å². The third-order valence-corrected chi connectivity index (χ3v) is 3.55. The standard InChI is InChI=1S/C17H16F3N3O4/c1-27-9-8-21-14-7-2-11(10-15(14)23(25)26)16(24)22-13-5-3-12(4-6-13)17(18,19)20/h2-7,10,21H,8-9H2,1H3,(H,22,24). The molecule has 2 aromatic rings. The van der Waals surface area contributed by atoms with Crippen molar-refractivity contribution in [2.24, 2.45) is 0 Å². The fourth-order valence-corrected chi connectivity index (χ4v) is 2.21. The van der Waals surface area contributed by atoms with E-state index in [0.717, 1.165) is 30.3 Å². The molecule has 0 atom stereocenters. The van der Waals surface area contributed by atoms with Gasteiger partial charge in [-0.05, 0) is 36.4 Å². The summed E-state index contributed by atoms with van der Waals surface area (Å²) < 4.78 is 42.5. The molecule has 2 N–H and O–H groups in total. The van der Waals surface area contributed by atoms with Gasteiger partial charge in [-0.25, -0.2) is 0 Å². The second kappa shape index (κ2) is 8.49. The van der Waals surface area contributed by atoms with Crippen molar-refractivity contribution >= 4 is 23.0 Å². The van der Waals surface area contributed by atoms with Gasteiger partial charge in [-0.2, -0.15) is 13.2 Å². The first-order chi connectivity index (χ1) is 12.7. The lowest BCUT2D eigenvalue weighted by Gasteiger charge is -2.10. The van der Waals surface area contributed by atoms with Crippen LogP contribution in [-0.2, 0) is 10.9 Å². The number of nitro groups is 1. The fourth-order valence-electron chi connectivity index (χ4n) is 2.21. The second-order valence-corrected chi connectivity index (χ2v) is 5.44. The van der Waals surface area contributed by atoms with Crippen LogP contribution in [0, 0.1) is 10.1 Å². The summed E-state index contributed by atoms with van der Waals surface area (Å²) in [6, 6.07) is 7.74. The van der Waals surface area contributed by atoms with Crippen LogP contribution < -0.4 is 10.6 Å². The second-order valence-electron chi connectivity index (χ2n) is 5.44. The molecule has 0 spiro atoms. The number of benzene rings is 2. The average molecular weight is 383 g/mol. The number of methoxy groups -OCH3 is 1. The SMILES string of the molecule is COCCNc1ccc(C(=O)Nc2ccc(C(F)(F)F)cc2)cc1[N+](=O)[O-]. The molecule has 2 aromatic carbocycles. The summed E-state index contributed by atoms with van der Waals surface area (Å²) in [4.78, 5) is 22.8. The third-order valence-electron chi connectivity index (χ3n) is 3.55. The number of nitrogens with one attached hydrogen (secondary N) is 2. The lowest BCUT2D eigenvalue weighted by Crippen LogP contribution is -2.14. The molecule has 0 fully saturated rings. The summed E-state index contributed by atoms with van der Waals surface area (Å²) in [5.41, 5.74) is -0.784. The summed E-state index contributed by atoms with van der Waals surface area (Å²) in [7, 11) is 1.49. The van der Waals surface area contributed by atoms with Crippen molar-refractivity contribution in [1.29, 1.82) is 0 Å². The molecular formula is C17H16F3N3O4. The van der Waals surface area contributed by atoms with E-state index in [1.54, 1.807) is 0 Å². The van der Waals surface area contributed by atoms with E-state index in [0.29, 0.717) is 13.2 Å². The monoisotopic (exact) mass is 383 g/mol. The Bertz CT molecular complexity index is 823. The van der Waals surface area contributed by atoms with Crippen molar-refractivity contribution < 1.29 is 27.6 Å². The lowest BCUT2D eigenvalue weighted by molar-refractivity contribution is -0.384. The van der Waals surface area contributed by atoms with Gasteiger partial charge >= 0.3 is 6.18 Å². The molecule has 1 amide bonds. The molecule has 0 heterocycles. The largest absolute Gasteiger partial charge is 0.416 e. The predicted molar refractivity (Wildman–Crippen MR) is 92.9 cm³/mol. The molecular weight excluding hydrogens is 367 g/mol. The van der Waals surface area contributed by atoms with Crippen LogP contribution in [0.5, 0.6) is 0 Å². The van der Waals surface area contributed by atoms with Crippen LogP contribution in [0.15, 0.2) is 42.5 Å². The van der Waals surface area contributed by atoms with E-state index in [1.807, 2.05) is 0 Å². The molecule has 0 aliphatic rings. The van der Waals surface area contributed by atoms with E-state index in [-0.39, 0.29) is 22.6 Å². The number of anilines is 2. The van der Waals surface area contributed by atoms with Crippen LogP contribution >= 0.6 is 0 Å². The van der Waals surface area contributed by atoms with Gasteiger partial charge in [0.15, 0.2) is 0 Å². The first-order valence-corrected chi connectivity index (χ1v) is 7.72. The fraction of sp³-hybridized carbons (Fsp3) is 0.235. The Morgan fingerprint density at radius 1 is 1.19 bits per heavy atom. The first kappa shape index (κ1) is 20.2. The molecule has 0 aliphatic carbocycles. The third kappa shape index (κ3) is 5.42. The Kier molecular flexibility index (Phi) is 6.35. The first-order valence-electron chi connectivity index (χ1n) is 7.72. The van der Waals surface area contributed by atoms with Crippen LogP contribution in [-0.4, -0.2) is 31.1 Å². The highest BCUT2D eigenvalue weighted by atomic mass is 19.4. The lowest BCUT2D eigenvalue weighted by atomic mass is 10.1. The molecule has 27 heavy (non-hydrogen) atoms. The molecule has 7 nitrogen and oxygen atoms in total. The van der Waals surface area contributed by atoms with Gasteiger partial charge in [-0.15, -0.1) is 0 Å². The molecule has 2 rings (SSSR count). The number of hydrogen-bond donors (Lipinski definition) is 2. The zero-order chi connectivity index (χ0) is 20.0. The van der Waals surface area contributed by atoms with E-state index in [4.69, 9.17) is 4.74 Å². The highest BCUT2D eigenvalue weighted by molar-refractivity contribution is 6.05. The number of halogens is 3. The Morgan fingerprint density at radius 3 is 2.41 bits per heavy atom. The van der Waals surface area contributed by atoms with Crippen LogP contribution in [0.3, 0.4) is 0 Å². The Hall–Kier alpha value is -3.14.